The van der Waals surface area contributed by atoms with Gasteiger partial charge in [0, 0.05) is 19.1 Å². The van der Waals surface area contributed by atoms with Gasteiger partial charge in [-0.1, -0.05) is 42.5 Å². The van der Waals surface area contributed by atoms with Crippen LogP contribution in [0, 0.1) is 0 Å². The predicted octanol–water partition coefficient (Wildman–Crippen LogP) is 1.88. The molecule has 19 heavy (non-hydrogen) atoms. The van der Waals surface area contributed by atoms with E-state index in [-0.39, 0.29) is 12.5 Å². The number of hydrogen-bond donors (Lipinski definition) is 1. The Labute approximate surface area is 113 Å². The summed E-state index contributed by atoms with van der Waals surface area (Å²) in [5.41, 5.74) is 1.16. The molecule has 102 valence electrons. The summed E-state index contributed by atoms with van der Waals surface area (Å²) < 4.78 is 5.35. The molecule has 4 nitrogen and oxygen atoms in total. The van der Waals surface area contributed by atoms with Crippen LogP contribution >= 0.6 is 0 Å². The maximum absolute atomic E-state index is 10.8. The monoisotopic (exact) mass is 261 g/mol. The van der Waals surface area contributed by atoms with E-state index in [9.17, 15) is 4.79 Å². The van der Waals surface area contributed by atoms with Gasteiger partial charge in [-0.05, 0) is 5.56 Å². The average molecular weight is 261 g/mol. The first kappa shape index (κ1) is 13.8. The van der Waals surface area contributed by atoms with Crippen LogP contribution in [0.5, 0.6) is 0 Å². The quantitative estimate of drug-likeness (QED) is 0.879. The molecule has 0 bridgehead atoms. The number of benzene rings is 1. The Morgan fingerprint density at radius 3 is 2.95 bits per heavy atom. The van der Waals surface area contributed by atoms with Gasteiger partial charge in [0.15, 0.2) is 0 Å². The summed E-state index contributed by atoms with van der Waals surface area (Å²) in [6, 6.07) is 10.1. The summed E-state index contributed by atoms with van der Waals surface area (Å²) in [6.07, 6.45) is 4.28. The van der Waals surface area contributed by atoms with Gasteiger partial charge < -0.3 is 9.84 Å². The molecule has 0 spiro atoms. The molecule has 0 aromatic heterocycles. The molecule has 1 heterocycles. The second-order valence-electron chi connectivity index (χ2n) is 4.63. The zero-order chi connectivity index (χ0) is 13.5. The van der Waals surface area contributed by atoms with Crippen molar-refractivity contribution in [2.24, 2.45) is 0 Å². The van der Waals surface area contributed by atoms with Crippen molar-refractivity contribution in [2.75, 3.05) is 26.3 Å². The number of rotatable bonds is 5. The van der Waals surface area contributed by atoms with E-state index in [4.69, 9.17) is 9.84 Å². The molecule has 1 fully saturated rings. The summed E-state index contributed by atoms with van der Waals surface area (Å²) in [4.78, 5) is 13.0. The molecule has 2 rings (SSSR count). The zero-order valence-corrected chi connectivity index (χ0v) is 10.9. The standard InChI is InChI=1S/C15H19NO3/c17-15(18)11-14-12-19-10-9-16(14)8-4-7-13-5-2-1-3-6-13/h1-7,14H,8-12H2,(H,17,18)/b7-4+/t14-/m1/s1. The highest BCUT2D eigenvalue weighted by atomic mass is 16.5. The van der Waals surface area contributed by atoms with Crippen molar-refractivity contribution in [3.05, 3.63) is 42.0 Å². The number of hydrogen-bond acceptors (Lipinski definition) is 3. The van der Waals surface area contributed by atoms with E-state index >= 15 is 0 Å². The highest BCUT2D eigenvalue weighted by molar-refractivity contribution is 5.67. The van der Waals surface area contributed by atoms with Crippen molar-refractivity contribution in [3.63, 3.8) is 0 Å². The van der Waals surface area contributed by atoms with Crippen molar-refractivity contribution in [3.8, 4) is 0 Å². The predicted molar refractivity (Wildman–Crippen MR) is 73.9 cm³/mol. The van der Waals surface area contributed by atoms with Crippen molar-refractivity contribution < 1.29 is 14.6 Å². The molecule has 1 aromatic rings. The second-order valence-corrected chi connectivity index (χ2v) is 4.63. The highest BCUT2D eigenvalue weighted by Gasteiger charge is 2.24. The molecule has 0 unspecified atom stereocenters. The minimum absolute atomic E-state index is 0.0216. The van der Waals surface area contributed by atoms with Crippen LogP contribution in [-0.2, 0) is 9.53 Å². The number of ether oxygens (including phenoxy) is 1. The van der Waals surface area contributed by atoms with Gasteiger partial charge in [-0.25, -0.2) is 0 Å². The van der Waals surface area contributed by atoms with E-state index in [1.165, 1.54) is 0 Å². The van der Waals surface area contributed by atoms with Crippen LogP contribution in [0.2, 0.25) is 0 Å². The lowest BCUT2D eigenvalue weighted by atomic mass is 10.1. The molecule has 0 radical (unpaired) electrons. The van der Waals surface area contributed by atoms with Gasteiger partial charge in [0.2, 0.25) is 0 Å². The number of aliphatic carboxylic acids is 1. The number of carboxylic acid groups (broad SMARTS) is 1. The Balaban J connectivity index is 1.89. The average Bonchev–Trinajstić information content (AvgIpc) is 2.41. The van der Waals surface area contributed by atoms with Crippen LogP contribution in [-0.4, -0.2) is 48.3 Å². The maximum Gasteiger partial charge on any atom is 0.305 e. The number of morpholine rings is 1. The molecule has 1 aliphatic rings. The fourth-order valence-corrected chi connectivity index (χ4v) is 2.21. The van der Waals surface area contributed by atoms with Gasteiger partial charge in [0.1, 0.15) is 0 Å². The molecule has 1 aliphatic heterocycles. The first-order chi connectivity index (χ1) is 9.25. The molecular weight excluding hydrogens is 242 g/mol. The minimum Gasteiger partial charge on any atom is -0.481 e. The second kappa shape index (κ2) is 7.07. The van der Waals surface area contributed by atoms with Crippen molar-refractivity contribution >= 4 is 12.0 Å². The largest absolute Gasteiger partial charge is 0.481 e. The van der Waals surface area contributed by atoms with E-state index in [1.54, 1.807) is 0 Å². The summed E-state index contributed by atoms with van der Waals surface area (Å²) in [5, 5.41) is 8.89. The summed E-state index contributed by atoms with van der Waals surface area (Å²) in [6.45, 7) is 2.73. The van der Waals surface area contributed by atoms with E-state index in [2.05, 4.69) is 17.1 Å². The van der Waals surface area contributed by atoms with E-state index < -0.39 is 5.97 Å². The third-order valence-corrected chi connectivity index (χ3v) is 3.21. The van der Waals surface area contributed by atoms with Crippen LogP contribution in [0.4, 0.5) is 0 Å². The number of carbonyl (C=O) groups is 1. The zero-order valence-electron chi connectivity index (χ0n) is 10.9. The molecule has 1 N–H and O–H groups in total. The molecule has 0 aliphatic carbocycles. The lowest BCUT2D eigenvalue weighted by Crippen LogP contribution is -2.46. The molecule has 1 atom stereocenters. The smallest absolute Gasteiger partial charge is 0.305 e. The number of nitrogens with zero attached hydrogens (tertiary/aromatic N) is 1. The van der Waals surface area contributed by atoms with Crippen LogP contribution in [0.25, 0.3) is 6.08 Å². The Morgan fingerprint density at radius 2 is 2.21 bits per heavy atom. The Kier molecular flexibility index (Phi) is 5.12. The molecule has 0 saturated carbocycles. The van der Waals surface area contributed by atoms with Gasteiger partial charge in [-0.3, -0.25) is 9.69 Å². The van der Waals surface area contributed by atoms with E-state index in [1.807, 2.05) is 30.3 Å². The first-order valence-corrected chi connectivity index (χ1v) is 6.51. The normalized spacial score (nSPS) is 20.7. The van der Waals surface area contributed by atoms with Crippen LogP contribution in [0.15, 0.2) is 36.4 Å². The topological polar surface area (TPSA) is 49.8 Å². The fourth-order valence-electron chi connectivity index (χ4n) is 2.21. The molecule has 1 saturated heterocycles. The Bertz CT molecular complexity index is 430. The number of carboxylic acids is 1. The molecule has 1 aromatic carbocycles. The van der Waals surface area contributed by atoms with Crippen LogP contribution in [0.3, 0.4) is 0 Å². The summed E-state index contributed by atoms with van der Waals surface area (Å²) >= 11 is 0. The SMILES string of the molecule is O=C(O)C[C@@H]1COCCN1C/C=C/c1ccccc1. The molecule has 4 heteroatoms. The summed E-state index contributed by atoms with van der Waals surface area (Å²) in [7, 11) is 0. The first-order valence-electron chi connectivity index (χ1n) is 6.51. The van der Waals surface area contributed by atoms with Crippen molar-refractivity contribution in [2.45, 2.75) is 12.5 Å². The molecule has 0 amide bonds. The molecular formula is C15H19NO3. The van der Waals surface area contributed by atoms with Crippen molar-refractivity contribution in [1.82, 2.24) is 4.90 Å². The van der Waals surface area contributed by atoms with E-state index in [0.29, 0.717) is 13.2 Å². The van der Waals surface area contributed by atoms with Crippen LogP contribution < -0.4 is 0 Å². The summed E-state index contributed by atoms with van der Waals surface area (Å²) in [5.74, 6) is -0.771. The minimum atomic E-state index is -0.771. The third-order valence-electron chi connectivity index (χ3n) is 3.21. The van der Waals surface area contributed by atoms with Gasteiger partial charge in [-0.2, -0.15) is 0 Å². The third kappa shape index (κ3) is 4.50. The highest BCUT2D eigenvalue weighted by Crippen LogP contribution is 2.11. The maximum atomic E-state index is 10.8. The van der Waals surface area contributed by atoms with Gasteiger partial charge in [-0.15, -0.1) is 0 Å². The van der Waals surface area contributed by atoms with Crippen molar-refractivity contribution in [1.29, 1.82) is 0 Å². The lowest BCUT2D eigenvalue weighted by Gasteiger charge is -2.33. The fraction of sp³-hybridized carbons (Fsp3) is 0.400. The van der Waals surface area contributed by atoms with Gasteiger partial charge >= 0.3 is 5.97 Å². The lowest BCUT2D eigenvalue weighted by molar-refractivity contribution is -0.140. The van der Waals surface area contributed by atoms with E-state index in [0.717, 1.165) is 18.7 Å². The Morgan fingerprint density at radius 1 is 1.42 bits per heavy atom. The van der Waals surface area contributed by atoms with Crippen LogP contribution in [0.1, 0.15) is 12.0 Å². The van der Waals surface area contributed by atoms with Gasteiger partial charge in [0.25, 0.3) is 0 Å². The Hall–Kier alpha value is -1.65. The van der Waals surface area contributed by atoms with Gasteiger partial charge in [0.05, 0.1) is 19.6 Å².